The lowest BCUT2D eigenvalue weighted by atomic mass is 10.2. The molecule has 0 fully saturated rings. The van der Waals surface area contributed by atoms with Crippen LogP contribution in [0, 0.1) is 6.92 Å². The van der Waals surface area contributed by atoms with Crippen molar-refractivity contribution in [2.45, 2.75) is 18.4 Å². The minimum absolute atomic E-state index is 0.162. The molecular formula is C18H18N4O3S2. The SMILES string of the molecule is Cc1nnsc1C(=O)Nc1ccc(S(=O)(=O)N(C)Cc2ccccc2)cc1. The molecule has 27 heavy (non-hydrogen) atoms. The molecule has 0 aliphatic heterocycles. The zero-order chi connectivity index (χ0) is 19.4. The second kappa shape index (κ2) is 7.95. The number of sulfonamides is 1. The minimum Gasteiger partial charge on any atom is -0.321 e. The molecule has 9 heteroatoms. The van der Waals surface area contributed by atoms with Crippen molar-refractivity contribution >= 4 is 33.2 Å². The predicted molar refractivity (Wildman–Crippen MR) is 104 cm³/mol. The Morgan fingerprint density at radius 1 is 1.11 bits per heavy atom. The summed E-state index contributed by atoms with van der Waals surface area (Å²) in [5.74, 6) is -0.320. The van der Waals surface area contributed by atoms with Crippen molar-refractivity contribution in [1.29, 1.82) is 0 Å². The van der Waals surface area contributed by atoms with Crippen molar-refractivity contribution in [2.24, 2.45) is 0 Å². The zero-order valence-corrected chi connectivity index (χ0v) is 16.4. The molecule has 0 radical (unpaired) electrons. The van der Waals surface area contributed by atoms with Crippen LogP contribution in [0.25, 0.3) is 0 Å². The van der Waals surface area contributed by atoms with Crippen LogP contribution in [0.2, 0.25) is 0 Å². The van der Waals surface area contributed by atoms with Gasteiger partial charge >= 0.3 is 0 Å². The summed E-state index contributed by atoms with van der Waals surface area (Å²) in [4.78, 5) is 12.8. The number of carbonyl (C=O) groups excluding carboxylic acids is 1. The van der Waals surface area contributed by atoms with E-state index in [0.717, 1.165) is 17.1 Å². The van der Waals surface area contributed by atoms with Gasteiger partial charge in [0.15, 0.2) is 0 Å². The van der Waals surface area contributed by atoms with Crippen molar-refractivity contribution in [3.05, 3.63) is 70.7 Å². The van der Waals surface area contributed by atoms with Gasteiger partial charge in [0.1, 0.15) is 4.88 Å². The second-order valence-electron chi connectivity index (χ2n) is 5.91. The molecule has 0 aliphatic carbocycles. The predicted octanol–water partition coefficient (Wildman–Crippen LogP) is 2.92. The molecule has 1 N–H and O–H groups in total. The first-order chi connectivity index (χ1) is 12.9. The van der Waals surface area contributed by atoms with Crippen molar-refractivity contribution in [1.82, 2.24) is 13.9 Å². The zero-order valence-electron chi connectivity index (χ0n) is 14.8. The summed E-state index contributed by atoms with van der Waals surface area (Å²) in [6.07, 6.45) is 0. The van der Waals surface area contributed by atoms with Gasteiger partial charge in [-0.15, -0.1) is 5.10 Å². The molecule has 1 heterocycles. The average Bonchev–Trinajstić information content (AvgIpc) is 3.09. The highest BCUT2D eigenvalue weighted by molar-refractivity contribution is 7.89. The summed E-state index contributed by atoms with van der Waals surface area (Å²) < 4.78 is 30.5. The lowest BCUT2D eigenvalue weighted by Gasteiger charge is -2.17. The van der Waals surface area contributed by atoms with Crippen LogP contribution in [0.15, 0.2) is 59.5 Å². The molecule has 7 nitrogen and oxygen atoms in total. The number of hydrogen-bond acceptors (Lipinski definition) is 6. The number of anilines is 1. The lowest BCUT2D eigenvalue weighted by molar-refractivity contribution is 0.103. The topological polar surface area (TPSA) is 92.3 Å². The van der Waals surface area contributed by atoms with E-state index in [1.807, 2.05) is 30.3 Å². The number of carbonyl (C=O) groups is 1. The van der Waals surface area contributed by atoms with Crippen molar-refractivity contribution in [3.63, 3.8) is 0 Å². The van der Waals surface area contributed by atoms with E-state index >= 15 is 0 Å². The molecule has 3 aromatic rings. The average molecular weight is 403 g/mol. The monoisotopic (exact) mass is 402 g/mol. The number of nitrogens with zero attached hydrogens (tertiary/aromatic N) is 3. The Bertz CT molecular complexity index is 1030. The quantitative estimate of drug-likeness (QED) is 0.684. The van der Waals surface area contributed by atoms with Crippen LogP contribution in [0.5, 0.6) is 0 Å². The van der Waals surface area contributed by atoms with Gasteiger partial charge in [0.2, 0.25) is 10.0 Å². The summed E-state index contributed by atoms with van der Waals surface area (Å²) in [5.41, 5.74) is 1.96. The van der Waals surface area contributed by atoms with Gasteiger partial charge in [-0.1, -0.05) is 34.8 Å². The van der Waals surface area contributed by atoms with Crippen LogP contribution >= 0.6 is 11.5 Å². The van der Waals surface area contributed by atoms with E-state index < -0.39 is 10.0 Å². The fourth-order valence-corrected chi connectivity index (χ4v) is 4.15. The maximum atomic E-state index is 12.7. The Hall–Kier alpha value is -2.62. The highest BCUT2D eigenvalue weighted by Gasteiger charge is 2.21. The van der Waals surface area contributed by atoms with Crippen LogP contribution in [0.3, 0.4) is 0 Å². The van der Waals surface area contributed by atoms with Crippen LogP contribution < -0.4 is 5.32 Å². The fourth-order valence-electron chi connectivity index (χ4n) is 2.44. The smallest absolute Gasteiger partial charge is 0.269 e. The highest BCUT2D eigenvalue weighted by Crippen LogP contribution is 2.20. The minimum atomic E-state index is -3.63. The van der Waals surface area contributed by atoms with E-state index in [1.165, 1.54) is 23.5 Å². The Balaban J connectivity index is 1.72. The molecule has 140 valence electrons. The lowest BCUT2D eigenvalue weighted by Crippen LogP contribution is -2.26. The summed E-state index contributed by atoms with van der Waals surface area (Å²) >= 11 is 1.01. The van der Waals surface area contributed by atoms with E-state index in [0.29, 0.717) is 16.3 Å². The molecule has 0 spiro atoms. The Morgan fingerprint density at radius 3 is 2.37 bits per heavy atom. The highest BCUT2D eigenvalue weighted by atomic mass is 32.2. The molecule has 0 aliphatic rings. The third-order valence-corrected chi connectivity index (χ3v) is 6.57. The van der Waals surface area contributed by atoms with Crippen molar-refractivity contribution < 1.29 is 13.2 Å². The van der Waals surface area contributed by atoms with E-state index in [4.69, 9.17) is 0 Å². The van der Waals surface area contributed by atoms with Gasteiger partial charge in [-0.25, -0.2) is 8.42 Å². The van der Waals surface area contributed by atoms with Crippen molar-refractivity contribution in [2.75, 3.05) is 12.4 Å². The van der Waals surface area contributed by atoms with Crippen LogP contribution in [0.1, 0.15) is 20.9 Å². The number of aromatic nitrogens is 2. The van der Waals surface area contributed by atoms with Gasteiger partial charge in [0.25, 0.3) is 5.91 Å². The molecule has 0 saturated heterocycles. The molecule has 0 saturated carbocycles. The number of nitrogens with one attached hydrogen (secondary N) is 1. The first-order valence-electron chi connectivity index (χ1n) is 8.08. The van der Waals surface area contributed by atoms with Crippen molar-refractivity contribution in [3.8, 4) is 0 Å². The van der Waals surface area contributed by atoms with E-state index in [1.54, 1.807) is 19.1 Å². The normalized spacial score (nSPS) is 11.5. The Morgan fingerprint density at radius 2 is 1.78 bits per heavy atom. The summed E-state index contributed by atoms with van der Waals surface area (Å²) in [6, 6.07) is 15.4. The first-order valence-corrected chi connectivity index (χ1v) is 10.3. The van der Waals surface area contributed by atoms with Gasteiger partial charge in [-0.2, -0.15) is 4.31 Å². The summed E-state index contributed by atoms with van der Waals surface area (Å²) in [5, 5.41) is 6.52. The largest absolute Gasteiger partial charge is 0.321 e. The molecule has 1 aromatic heterocycles. The van der Waals surface area contributed by atoms with Crippen LogP contribution in [-0.2, 0) is 16.6 Å². The number of rotatable bonds is 6. The van der Waals surface area contributed by atoms with Gasteiger partial charge in [-0.3, -0.25) is 4.79 Å². The maximum Gasteiger partial charge on any atom is 0.269 e. The van der Waals surface area contributed by atoms with Crippen LogP contribution in [0.4, 0.5) is 5.69 Å². The number of benzene rings is 2. The third-order valence-electron chi connectivity index (χ3n) is 3.93. The molecule has 0 bridgehead atoms. The molecule has 1 amide bonds. The standard InChI is InChI=1S/C18H18N4O3S2/c1-13-17(26-21-20-13)18(23)19-15-8-10-16(11-9-15)27(24,25)22(2)12-14-6-4-3-5-7-14/h3-11H,12H2,1-2H3,(H,19,23). The second-order valence-corrected chi connectivity index (χ2v) is 8.71. The molecule has 0 atom stereocenters. The van der Waals surface area contributed by atoms with Crippen LogP contribution in [-0.4, -0.2) is 35.3 Å². The number of amides is 1. The molecule has 3 rings (SSSR count). The Kier molecular flexibility index (Phi) is 5.64. The van der Waals surface area contributed by atoms with E-state index in [2.05, 4.69) is 14.9 Å². The summed E-state index contributed by atoms with van der Waals surface area (Å²) in [7, 11) is -2.09. The van der Waals surface area contributed by atoms with Gasteiger partial charge < -0.3 is 5.32 Å². The fraction of sp³-hybridized carbons (Fsp3) is 0.167. The van der Waals surface area contributed by atoms with Gasteiger partial charge in [-0.05, 0) is 48.3 Å². The molecule has 0 unspecified atom stereocenters. The maximum absolute atomic E-state index is 12.7. The number of aryl methyl sites for hydroxylation is 1. The molecular weight excluding hydrogens is 384 g/mol. The van der Waals surface area contributed by atoms with E-state index in [9.17, 15) is 13.2 Å². The van der Waals surface area contributed by atoms with E-state index in [-0.39, 0.29) is 17.3 Å². The number of hydrogen-bond donors (Lipinski definition) is 1. The molecule has 2 aromatic carbocycles. The Labute approximate surface area is 161 Å². The third kappa shape index (κ3) is 4.38. The van der Waals surface area contributed by atoms with Gasteiger partial charge in [0.05, 0.1) is 10.6 Å². The van der Waals surface area contributed by atoms with Gasteiger partial charge in [0, 0.05) is 19.3 Å². The first kappa shape index (κ1) is 19.2. The summed E-state index contributed by atoms with van der Waals surface area (Å²) in [6.45, 7) is 1.98.